The number of hydrogen-bond acceptors (Lipinski definition) is 4. The molecule has 0 saturated heterocycles. The van der Waals surface area contributed by atoms with E-state index in [4.69, 9.17) is 17.3 Å². The fourth-order valence-electron chi connectivity index (χ4n) is 1.96. The average molecular weight is 326 g/mol. The molecule has 0 aliphatic rings. The Hall–Kier alpha value is -1.79. The van der Waals surface area contributed by atoms with Crippen LogP contribution in [0.5, 0.6) is 0 Å². The van der Waals surface area contributed by atoms with E-state index in [2.05, 4.69) is 9.71 Å². The number of aryl methyl sites for hydroxylation is 2. The zero-order valence-corrected chi connectivity index (χ0v) is 13.5. The number of nitrogen functional groups attached to an aromatic ring is 1. The topological polar surface area (TPSA) is 85.1 Å². The van der Waals surface area contributed by atoms with E-state index in [1.54, 1.807) is 32.2 Å². The number of halogens is 1. The first kappa shape index (κ1) is 15.6. The first-order valence-corrected chi connectivity index (χ1v) is 8.08. The van der Waals surface area contributed by atoms with Gasteiger partial charge in [0.25, 0.3) is 10.0 Å². The van der Waals surface area contributed by atoms with Gasteiger partial charge in [-0.15, -0.1) is 0 Å². The number of nitrogens with zero attached hydrogens (tertiary/aromatic N) is 1. The van der Waals surface area contributed by atoms with Crippen molar-refractivity contribution in [1.29, 1.82) is 0 Å². The first-order valence-electron chi connectivity index (χ1n) is 6.22. The third-order valence-electron chi connectivity index (χ3n) is 3.15. The summed E-state index contributed by atoms with van der Waals surface area (Å²) < 4.78 is 27.5. The number of anilines is 2. The fraction of sp³-hybridized carbons (Fsp3) is 0.214. The number of aromatic nitrogens is 1. The van der Waals surface area contributed by atoms with Gasteiger partial charge in [0.15, 0.2) is 5.15 Å². The van der Waals surface area contributed by atoms with E-state index >= 15 is 0 Å². The number of rotatable bonds is 3. The van der Waals surface area contributed by atoms with Crippen molar-refractivity contribution < 1.29 is 8.42 Å². The standard InChI is InChI=1S/C14H16ClN3O2S/c1-8-4-12(14(15)17-7-8)18-21(19,20)13-6-11(16)5-9(2)10(13)3/h4-7,18H,16H2,1-3H3. The van der Waals surface area contributed by atoms with Crippen LogP contribution in [0.2, 0.25) is 5.15 Å². The van der Waals surface area contributed by atoms with Gasteiger partial charge in [-0.1, -0.05) is 11.6 Å². The summed E-state index contributed by atoms with van der Waals surface area (Å²) in [4.78, 5) is 4.06. The molecular formula is C14H16ClN3O2S. The number of nitrogens with two attached hydrogens (primary N) is 1. The zero-order valence-electron chi connectivity index (χ0n) is 11.9. The van der Waals surface area contributed by atoms with E-state index in [1.165, 1.54) is 6.07 Å². The van der Waals surface area contributed by atoms with Crippen LogP contribution in [0.3, 0.4) is 0 Å². The minimum absolute atomic E-state index is 0.0995. The lowest BCUT2D eigenvalue weighted by molar-refractivity contribution is 0.600. The Labute approximate surface area is 129 Å². The van der Waals surface area contributed by atoms with Gasteiger partial charge in [0.05, 0.1) is 10.6 Å². The molecule has 21 heavy (non-hydrogen) atoms. The lowest BCUT2D eigenvalue weighted by Gasteiger charge is -2.14. The molecule has 0 atom stereocenters. The SMILES string of the molecule is Cc1cnc(Cl)c(NS(=O)(=O)c2cc(N)cc(C)c2C)c1. The lowest BCUT2D eigenvalue weighted by Crippen LogP contribution is -2.16. The minimum atomic E-state index is -3.78. The third-order valence-corrected chi connectivity index (χ3v) is 4.94. The molecule has 0 aliphatic carbocycles. The number of hydrogen-bond donors (Lipinski definition) is 2. The van der Waals surface area contributed by atoms with E-state index in [9.17, 15) is 8.42 Å². The number of pyridine rings is 1. The summed E-state index contributed by atoms with van der Waals surface area (Å²) in [5.74, 6) is 0. The second-order valence-electron chi connectivity index (χ2n) is 4.92. The quantitative estimate of drug-likeness (QED) is 0.671. The third kappa shape index (κ3) is 3.28. The lowest BCUT2D eigenvalue weighted by atomic mass is 10.1. The predicted octanol–water partition coefficient (Wildman–Crippen LogP) is 3.04. The maximum Gasteiger partial charge on any atom is 0.262 e. The highest BCUT2D eigenvalue weighted by Crippen LogP contribution is 2.27. The van der Waals surface area contributed by atoms with Crippen LogP contribution >= 0.6 is 11.6 Å². The van der Waals surface area contributed by atoms with Crippen molar-refractivity contribution in [1.82, 2.24) is 4.98 Å². The zero-order chi connectivity index (χ0) is 15.8. The summed E-state index contributed by atoms with van der Waals surface area (Å²) >= 11 is 5.93. The van der Waals surface area contributed by atoms with E-state index in [1.807, 2.05) is 6.92 Å². The maximum atomic E-state index is 12.5. The van der Waals surface area contributed by atoms with Crippen LogP contribution in [-0.4, -0.2) is 13.4 Å². The van der Waals surface area contributed by atoms with Crippen LogP contribution in [0.15, 0.2) is 29.3 Å². The Balaban J connectivity index is 2.51. The molecule has 3 N–H and O–H groups in total. The Morgan fingerprint density at radius 2 is 1.86 bits per heavy atom. The number of nitrogens with one attached hydrogen (secondary N) is 1. The maximum absolute atomic E-state index is 12.5. The molecule has 1 heterocycles. The molecule has 0 spiro atoms. The van der Waals surface area contributed by atoms with Crippen molar-refractivity contribution in [3.63, 3.8) is 0 Å². The Bertz CT molecular complexity index is 804. The van der Waals surface area contributed by atoms with Crippen LogP contribution in [0.25, 0.3) is 0 Å². The molecule has 0 radical (unpaired) electrons. The van der Waals surface area contributed by atoms with Gasteiger partial charge < -0.3 is 5.73 Å². The molecule has 7 heteroatoms. The molecule has 0 saturated carbocycles. The molecule has 112 valence electrons. The summed E-state index contributed by atoms with van der Waals surface area (Å²) in [5, 5.41) is 0.0995. The van der Waals surface area contributed by atoms with E-state index in [0.29, 0.717) is 11.3 Å². The highest BCUT2D eigenvalue weighted by Gasteiger charge is 2.20. The van der Waals surface area contributed by atoms with Crippen LogP contribution in [0, 0.1) is 20.8 Å². The van der Waals surface area contributed by atoms with Crippen LogP contribution in [0.1, 0.15) is 16.7 Å². The van der Waals surface area contributed by atoms with Crippen molar-refractivity contribution in [3.05, 3.63) is 46.2 Å². The summed E-state index contributed by atoms with van der Waals surface area (Å²) in [5.41, 5.74) is 8.64. The molecule has 0 amide bonds. The van der Waals surface area contributed by atoms with Gasteiger partial charge in [0.2, 0.25) is 0 Å². The molecule has 0 fully saturated rings. The largest absolute Gasteiger partial charge is 0.399 e. The average Bonchev–Trinajstić information content (AvgIpc) is 2.37. The Kier molecular flexibility index (Phi) is 4.11. The monoisotopic (exact) mass is 325 g/mol. The first-order chi connectivity index (χ1) is 9.70. The van der Waals surface area contributed by atoms with Gasteiger partial charge in [-0.25, -0.2) is 13.4 Å². The van der Waals surface area contributed by atoms with Crippen LogP contribution in [0.4, 0.5) is 11.4 Å². The van der Waals surface area contributed by atoms with Gasteiger partial charge in [0.1, 0.15) is 0 Å². The molecule has 0 unspecified atom stereocenters. The second kappa shape index (κ2) is 5.54. The molecule has 1 aromatic heterocycles. The second-order valence-corrected chi connectivity index (χ2v) is 6.93. The molecule has 0 bridgehead atoms. The fourth-order valence-corrected chi connectivity index (χ4v) is 3.57. The molecule has 0 aliphatic heterocycles. The molecule has 1 aromatic carbocycles. The summed E-state index contributed by atoms with van der Waals surface area (Å²) in [6, 6.07) is 4.79. The predicted molar refractivity (Wildman–Crippen MR) is 85.1 cm³/mol. The van der Waals surface area contributed by atoms with E-state index in [0.717, 1.165) is 11.1 Å². The van der Waals surface area contributed by atoms with Gasteiger partial charge in [-0.05, 0) is 55.7 Å². The minimum Gasteiger partial charge on any atom is -0.399 e. The van der Waals surface area contributed by atoms with Gasteiger partial charge in [0, 0.05) is 11.9 Å². The highest BCUT2D eigenvalue weighted by atomic mass is 35.5. The van der Waals surface area contributed by atoms with Crippen molar-refractivity contribution in [2.45, 2.75) is 25.7 Å². The Morgan fingerprint density at radius 3 is 2.52 bits per heavy atom. The summed E-state index contributed by atoms with van der Waals surface area (Å²) in [6.45, 7) is 5.35. The van der Waals surface area contributed by atoms with Crippen molar-refractivity contribution in [2.75, 3.05) is 10.5 Å². The Morgan fingerprint density at radius 1 is 1.19 bits per heavy atom. The molecule has 2 rings (SSSR count). The summed E-state index contributed by atoms with van der Waals surface area (Å²) in [7, 11) is -3.78. The van der Waals surface area contributed by atoms with E-state index in [-0.39, 0.29) is 15.7 Å². The molecule has 2 aromatic rings. The number of sulfonamides is 1. The van der Waals surface area contributed by atoms with Crippen molar-refractivity contribution in [2.24, 2.45) is 0 Å². The van der Waals surface area contributed by atoms with Gasteiger partial charge in [-0.3, -0.25) is 4.72 Å². The molecule has 5 nitrogen and oxygen atoms in total. The van der Waals surface area contributed by atoms with Crippen molar-refractivity contribution >= 4 is 33.0 Å². The van der Waals surface area contributed by atoms with Gasteiger partial charge >= 0.3 is 0 Å². The van der Waals surface area contributed by atoms with Crippen LogP contribution in [-0.2, 0) is 10.0 Å². The highest BCUT2D eigenvalue weighted by molar-refractivity contribution is 7.92. The van der Waals surface area contributed by atoms with Crippen molar-refractivity contribution in [3.8, 4) is 0 Å². The number of benzene rings is 1. The van der Waals surface area contributed by atoms with Crippen LogP contribution < -0.4 is 10.5 Å². The summed E-state index contributed by atoms with van der Waals surface area (Å²) in [6.07, 6.45) is 1.57. The smallest absolute Gasteiger partial charge is 0.262 e. The normalized spacial score (nSPS) is 11.4. The van der Waals surface area contributed by atoms with Gasteiger partial charge in [-0.2, -0.15) is 0 Å². The molecular weight excluding hydrogens is 310 g/mol. The van der Waals surface area contributed by atoms with E-state index < -0.39 is 10.0 Å².